The fourth-order valence-corrected chi connectivity index (χ4v) is 4.75. The quantitative estimate of drug-likeness (QED) is 0.628. The van der Waals surface area contributed by atoms with E-state index in [4.69, 9.17) is 0 Å². The van der Waals surface area contributed by atoms with Gasteiger partial charge in [0.15, 0.2) is 9.84 Å². The standard InChI is InChI=1S/C15H31NO2S/c1-3-11-16-14(2)8-6-7-12-19(17,18)13-15-9-4-5-10-15/h14-16H,3-13H2,1-2H3. The first-order chi connectivity index (χ1) is 9.03. The molecule has 1 aliphatic carbocycles. The van der Waals surface area contributed by atoms with Gasteiger partial charge in [-0.05, 0) is 51.5 Å². The molecule has 0 aliphatic heterocycles. The summed E-state index contributed by atoms with van der Waals surface area (Å²) in [6.45, 7) is 5.40. The van der Waals surface area contributed by atoms with E-state index in [0.29, 0.717) is 23.5 Å². The highest BCUT2D eigenvalue weighted by Gasteiger charge is 2.22. The lowest BCUT2D eigenvalue weighted by Crippen LogP contribution is -2.26. The smallest absolute Gasteiger partial charge is 0.150 e. The van der Waals surface area contributed by atoms with Crippen LogP contribution in [0.2, 0.25) is 0 Å². The van der Waals surface area contributed by atoms with Gasteiger partial charge in [0, 0.05) is 6.04 Å². The number of nitrogens with one attached hydrogen (secondary N) is 1. The van der Waals surface area contributed by atoms with Crippen molar-refractivity contribution in [3.8, 4) is 0 Å². The van der Waals surface area contributed by atoms with Crippen LogP contribution in [0.25, 0.3) is 0 Å². The number of rotatable bonds is 10. The minimum absolute atomic E-state index is 0.393. The minimum Gasteiger partial charge on any atom is -0.314 e. The molecule has 1 N–H and O–H groups in total. The van der Waals surface area contributed by atoms with E-state index < -0.39 is 9.84 Å². The van der Waals surface area contributed by atoms with Crippen LogP contribution >= 0.6 is 0 Å². The van der Waals surface area contributed by atoms with Crippen LogP contribution in [0.1, 0.15) is 65.2 Å². The zero-order valence-electron chi connectivity index (χ0n) is 12.7. The Hall–Kier alpha value is -0.0900. The number of sulfone groups is 1. The topological polar surface area (TPSA) is 46.2 Å². The predicted molar refractivity (Wildman–Crippen MR) is 82.2 cm³/mol. The third-order valence-electron chi connectivity index (χ3n) is 4.05. The van der Waals surface area contributed by atoms with E-state index in [1.54, 1.807) is 0 Å². The Morgan fingerprint density at radius 2 is 1.89 bits per heavy atom. The normalized spacial score (nSPS) is 18.8. The van der Waals surface area contributed by atoms with E-state index in [2.05, 4.69) is 19.2 Å². The molecule has 1 unspecified atom stereocenters. The first kappa shape index (κ1) is 17.0. The molecule has 0 amide bonds. The Labute approximate surface area is 119 Å². The number of unbranched alkanes of at least 4 members (excludes halogenated alkanes) is 1. The van der Waals surface area contributed by atoms with Gasteiger partial charge in [-0.3, -0.25) is 0 Å². The molecule has 0 aromatic rings. The van der Waals surface area contributed by atoms with Crippen molar-refractivity contribution in [3.63, 3.8) is 0 Å². The van der Waals surface area contributed by atoms with Gasteiger partial charge in [-0.2, -0.15) is 0 Å². The van der Waals surface area contributed by atoms with E-state index in [0.717, 1.165) is 45.1 Å². The van der Waals surface area contributed by atoms with Gasteiger partial charge in [-0.25, -0.2) is 8.42 Å². The Morgan fingerprint density at radius 1 is 1.21 bits per heavy atom. The molecule has 0 aromatic carbocycles. The van der Waals surface area contributed by atoms with Gasteiger partial charge in [-0.15, -0.1) is 0 Å². The second-order valence-corrected chi connectivity index (χ2v) is 8.34. The van der Waals surface area contributed by atoms with E-state index in [9.17, 15) is 8.42 Å². The van der Waals surface area contributed by atoms with Gasteiger partial charge < -0.3 is 5.32 Å². The molecule has 1 atom stereocenters. The number of hydrogen-bond donors (Lipinski definition) is 1. The molecule has 0 saturated heterocycles. The molecule has 1 aliphatic rings. The summed E-state index contributed by atoms with van der Waals surface area (Å²) < 4.78 is 24.0. The predicted octanol–water partition coefficient (Wildman–Crippen LogP) is 3.15. The summed E-state index contributed by atoms with van der Waals surface area (Å²) in [4.78, 5) is 0. The van der Waals surface area contributed by atoms with Gasteiger partial charge in [0.05, 0.1) is 11.5 Å². The highest BCUT2D eigenvalue weighted by molar-refractivity contribution is 7.91. The van der Waals surface area contributed by atoms with Crippen molar-refractivity contribution in [2.45, 2.75) is 71.3 Å². The molecular weight excluding hydrogens is 258 g/mol. The highest BCUT2D eigenvalue weighted by Crippen LogP contribution is 2.26. The summed E-state index contributed by atoms with van der Waals surface area (Å²) in [7, 11) is -2.80. The lowest BCUT2D eigenvalue weighted by molar-refractivity contribution is 0.493. The maximum absolute atomic E-state index is 12.0. The van der Waals surface area contributed by atoms with E-state index >= 15 is 0 Å². The van der Waals surface area contributed by atoms with Crippen molar-refractivity contribution >= 4 is 9.84 Å². The molecular formula is C15H31NO2S. The van der Waals surface area contributed by atoms with Crippen LogP contribution in [0.15, 0.2) is 0 Å². The lowest BCUT2D eigenvalue weighted by atomic mass is 10.1. The maximum Gasteiger partial charge on any atom is 0.150 e. The molecule has 4 heteroatoms. The summed E-state index contributed by atoms with van der Waals surface area (Å²) in [5.74, 6) is 1.29. The monoisotopic (exact) mass is 289 g/mol. The fraction of sp³-hybridized carbons (Fsp3) is 1.00. The van der Waals surface area contributed by atoms with Crippen LogP contribution in [-0.4, -0.2) is 32.5 Å². The zero-order chi connectivity index (χ0) is 14.1. The third-order valence-corrected chi connectivity index (χ3v) is 5.94. The zero-order valence-corrected chi connectivity index (χ0v) is 13.5. The second kappa shape index (κ2) is 8.96. The van der Waals surface area contributed by atoms with Crippen molar-refractivity contribution in [3.05, 3.63) is 0 Å². The van der Waals surface area contributed by atoms with Crippen molar-refractivity contribution in [1.29, 1.82) is 0 Å². The van der Waals surface area contributed by atoms with E-state index in [-0.39, 0.29) is 0 Å². The maximum atomic E-state index is 12.0. The van der Waals surface area contributed by atoms with Gasteiger partial charge in [-0.1, -0.05) is 26.2 Å². The average Bonchev–Trinajstić information content (AvgIpc) is 2.84. The van der Waals surface area contributed by atoms with Crippen LogP contribution < -0.4 is 5.32 Å². The Kier molecular flexibility index (Phi) is 8.00. The first-order valence-corrected chi connectivity index (χ1v) is 9.79. The lowest BCUT2D eigenvalue weighted by Gasteiger charge is -2.13. The molecule has 3 nitrogen and oxygen atoms in total. The van der Waals surface area contributed by atoms with E-state index in [1.165, 1.54) is 12.8 Å². The Bertz CT molecular complexity index is 321. The minimum atomic E-state index is -2.80. The SMILES string of the molecule is CCCNC(C)CCCCS(=O)(=O)CC1CCCC1. The van der Waals surface area contributed by atoms with Crippen LogP contribution in [0.3, 0.4) is 0 Å². The van der Waals surface area contributed by atoms with Crippen molar-refractivity contribution < 1.29 is 8.42 Å². The van der Waals surface area contributed by atoms with Crippen molar-refractivity contribution in [1.82, 2.24) is 5.32 Å². The summed E-state index contributed by atoms with van der Waals surface area (Å²) in [5, 5.41) is 3.44. The fourth-order valence-electron chi connectivity index (χ4n) is 2.88. The van der Waals surface area contributed by atoms with Crippen LogP contribution in [0.5, 0.6) is 0 Å². The molecule has 1 saturated carbocycles. The molecule has 1 fully saturated rings. The molecule has 0 heterocycles. The van der Waals surface area contributed by atoms with Gasteiger partial charge in [0.25, 0.3) is 0 Å². The third kappa shape index (κ3) is 7.93. The summed E-state index contributed by atoms with van der Waals surface area (Å²) in [5.41, 5.74) is 0. The molecule has 0 radical (unpaired) electrons. The van der Waals surface area contributed by atoms with Crippen molar-refractivity contribution in [2.24, 2.45) is 5.92 Å². The summed E-state index contributed by atoms with van der Waals surface area (Å²) in [6, 6.07) is 0.512. The largest absolute Gasteiger partial charge is 0.314 e. The van der Waals surface area contributed by atoms with Gasteiger partial charge in [0.1, 0.15) is 0 Å². The Morgan fingerprint density at radius 3 is 2.53 bits per heavy atom. The average molecular weight is 289 g/mol. The Balaban J connectivity index is 2.10. The van der Waals surface area contributed by atoms with Gasteiger partial charge in [0.2, 0.25) is 0 Å². The highest BCUT2D eigenvalue weighted by atomic mass is 32.2. The first-order valence-electron chi connectivity index (χ1n) is 7.97. The molecule has 0 spiro atoms. The van der Waals surface area contributed by atoms with Crippen LogP contribution in [-0.2, 0) is 9.84 Å². The summed E-state index contributed by atoms with van der Waals surface area (Å²) in [6.07, 6.45) is 8.77. The van der Waals surface area contributed by atoms with Crippen molar-refractivity contribution in [2.75, 3.05) is 18.1 Å². The molecule has 1 rings (SSSR count). The summed E-state index contributed by atoms with van der Waals surface area (Å²) >= 11 is 0. The second-order valence-electron chi connectivity index (χ2n) is 6.12. The van der Waals surface area contributed by atoms with Crippen LogP contribution in [0, 0.1) is 5.92 Å². The molecule has 19 heavy (non-hydrogen) atoms. The van der Waals surface area contributed by atoms with Gasteiger partial charge >= 0.3 is 0 Å². The van der Waals surface area contributed by atoms with Crippen LogP contribution in [0.4, 0.5) is 0 Å². The molecule has 0 aromatic heterocycles. The van der Waals surface area contributed by atoms with E-state index in [1.807, 2.05) is 0 Å². The number of hydrogen-bond acceptors (Lipinski definition) is 3. The molecule has 114 valence electrons. The molecule has 0 bridgehead atoms.